The highest BCUT2D eigenvalue weighted by Gasteiger charge is 2.41. The van der Waals surface area contributed by atoms with Crippen LogP contribution in [0.5, 0.6) is 0 Å². The number of likely N-dealkylation sites (tertiary alicyclic amines) is 1. The lowest BCUT2D eigenvalue weighted by atomic mass is 9.90. The molecule has 17 heavy (non-hydrogen) atoms. The van der Waals surface area contributed by atoms with Gasteiger partial charge < -0.3 is 4.74 Å². The molecular weight excluding hydrogens is 234 g/mol. The van der Waals surface area contributed by atoms with E-state index < -0.39 is 0 Å². The molecule has 2 rings (SSSR count). The molecule has 1 aliphatic rings. The maximum Gasteiger partial charge on any atom is 0.312 e. The van der Waals surface area contributed by atoms with Crippen LogP contribution in [0, 0.1) is 12.3 Å². The zero-order chi connectivity index (χ0) is 12.5. The molecule has 0 N–H and O–H groups in total. The zero-order valence-corrected chi connectivity index (χ0v) is 11.5. The Kier molecular flexibility index (Phi) is 3.54. The molecule has 1 aromatic rings. The fourth-order valence-corrected chi connectivity index (χ4v) is 3.33. The number of thiophene rings is 1. The van der Waals surface area contributed by atoms with Crippen LogP contribution < -0.4 is 0 Å². The molecule has 1 aromatic heterocycles. The van der Waals surface area contributed by atoms with Gasteiger partial charge in [-0.1, -0.05) is 0 Å². The average molecular weight is 253 g/mol. The Balaban J connectivity index is 1.96. The third-order valence-electron chi connectivity index (χ3n) is 3.41. The Morgan fingerprint density at radius 3 is 2.94 bits per heavy atom. The first-order chi connectivity index (χ1) is 8.03. The number of aryl methyl sites for hydroxylation is 1. The molecule has 0 saturated carbocycles. The van der Waals surface area contributed by atoms with Crippen LogP contribution in [-0.2, 0) is 16.1 Å². The van der Waals surface area contributed by atoms with Gasteiger partial charge in [0.1, 0.15) is 0 Å². The Morgan fingerprint density at radius 1 is 1.59 bits per heavy atom. The van der Waals surface area contributed by atoms with Crippen molar-refractivity contribution in [1.29, 1.82) is 0 Å². The lowest BCUT2D eigenvalue weighted by Gasteiger charge is -2.21. The number of nitrogens with zero attached hydrogens (tertiary/aromatic N) is 1. The van der Waals surface area contributed by atoms with Gasteiger partial charge in [0, 0.05) is 22.8 Å². The first-order valence-corrected chi connectivity index (χ1v) is 6.71. The number of methoxy groups -OCH3 is 1. The molecule has 0 bridgehead atoms. The summed E-state index contributed by atoms with van der Waals surface area (Å²) in [7, 11) is 1.47. The zero-order valence-electron chi connectivity index (χ0n) is 10.7. The molecule has 0 aliphatic carbocycles. The van der Waals surface area contributed by atoms with E-state index in [0.717, 1.165) is 26.1 Å². The molecule has 1 saturated heterocycles. The molecule has 4 heteroatoms. The second-order valence-corrected chi connectivity index (χ2v) is 6.40. The van der Waals surface area contributed by atoms with Crippen LogP contribution in [0.1, 0.15) is 23.1 Å². The smallest absolute Gasteiger partial charge is 0.312 e. The molecule has 1 fully saturated rings. The summed E-state index contributed by atoms with van der Waals surface area (Å²) < 4.78 is 4.88. The topological polar surface area (TPSA) is 29.5 Å². The summed E-state index contributed by atoms with van der Waals surface area (Å²) in [5, 5.41) is 0. The van der Waals surface area contributed by atoms with Gasteiger partial charge in [-0.05, 0) is 38.9 Å². The summed E-state index contributed by atoms with van der Waals surface area (Å²) >= 11 is 1.83. The predicted molar refractivity (Wildman–Crippen MR) is 69.1 cm³/mol. The number of hydrogen-bond donors (Lipinski definition) is 0. The highest BCUT2D eigenvalue weighted by atomic mass is 32.1. The number of rotatable bonds is 3. The van der Waals surface area contributed by atoms with Crippen LogP contribution in [0.2, 0.25) is 0 Å². The molecular formula is C13H19NO2S. The Labute approximate surface area is 106 Å². The van der Waals surface area contributed by atoms with Gasteiger partial charge in [0.15, 0.2) is 0 Å². The molecule has 0 radical (unpaired) electrons. The van der Waals surface area contributed by atoms with Crippen molar-refractivity contribution in [2.45, 2.75) is 26.8 Å². The minimum absolute atomic E-state index is 0.0811. The van der Waals surface area contributed by atoms with Gasteiger partial charge in [-0.2, -0.15) is 0 Å². The maximum atomic E-state index is 11.7. The SMILES string of the molecule is COC(=O)C1(C)CCN(Cc2ccc(C)s2)C1. The van der Waals surface area contributed by atoms with Gasteiger partial charge in [0.05, 0.1) is 12.5 Å². The molecule has 0 aromatic carbocycles. The number of ether oxygens (including phenoxy) is 1. The minimum atomic E-state index is -0.318. The van der Waals surface area contributed by atoms with Gasteiger partial charge in [0.25, 0.3) is 0 Å². The number of esters is 1. The first kappa shape index (κ1) is 12.6. The molecule has 0 spiro atoms. The Bertz CT molecular complexity index is 415. The Hall–Kier alpha value is -0.870. The summed E-state index contributed by atoms with van der Waals surface area (Å²) in [5.41, 5.74) is -0.318. The summed E-state index contributed by atoms with van der Waals surface area (Å²) in [5.74, 6) is -0.0811. The van der Waals surface area contributed by atoms with Crippen molar-refractivity contribution in [3.63, 3.8) is 0 Å². The second-order valence-electron chi connectivity index (χ2n) is 5.03. The van der Waals surface area contributed by atoms with E-state index >= 15 is 0 Å². The van der Waals surface area contributed by atoms with Crippen LogP contribution in [0.25, 0.3) is 0 Å². The summed E-state index contributed by atoms with van der Waals surface area (Å²) in [6.45, 7) is 6.85. The van der Waals surface area contributed by atoms with E-state index in [1.54, 1.807) is 0 Å². The van der Waals surface area contributed by atoms with E-state index in [1.165, 1.54) is 16.9 Å². The Morgan fingerprint density at radius 2 is 2.35 bits per heavy atom. The van der Waals surface area contributed by atoms with Crippen LogP contribution in [0.4, 0.5) is 0 Å². The monoisotopic (exact) mass is 253 g/mol. The van der Waals surface area contributed by atoms with Gasteiger partial charge in [-0.15, -0.1) is 11.3 Å². The highest BCUT2D eigenvalue weighted by molar-refractivity contribution is 7.11. The van der Waals surface area contributed by atoms with Crippen LogP contribution >= 0.6 is 11.3 Å². The average Bonchev–Trinajstić information content (AvgIpc) is 2.86. The molecule has 1 atom stereocenters. The van der Waals surface area contributed by atoms with Crippen LogP contribution in [-0.4, -0.2) is 31.1 Å². The van der Waals surface area contributed by atoms with Crippen LogP contribution in [0.15, 0.2) is 12.1 Å². The normalized spacial score (nSPS) is 25.1. The molecule has 1 unspecified atom stereocenters. The van der Waals surface area contributed by atoms with Crippen LogP contribution in [0.3, 0.4) is 0 Å². The molecule has 1 aliphatic heterocycles. The minimum Gasteiger partial charge on any atom is -0.469 e. The lowest BCUT2D eigenvalue weighted by Crippen LogP contribution is -2.32. The van der Waals surface area contributed by atoms with E-state index in [4.69, 9.17) is 4.74 Å². The standard InChI is InChI=1S/C13H19NO2S/c1-10-4-5-11(17-10)8-14-7-6-13(2,9-14)12(15)16-3/h4-5H,6-9H2,1-3H3. The van der Waals surface area contributed by atoms with E-state index in [0.29, 0.717) is 0 Å². The number of hydrogen-bond acceptors (Lipinski definition) is 4. The van der Waals surface area contributed by atoms with Crippen molar-refractivity contribution in [2.24, 2.45) is 5.41 Å². The van der Waals surface area contributed by atoms with E-state index in [2.05, 4.69) is 24.0 Å². The molecule has 3 nitrogen and oxygen atoms in total. The third kappa shape index (κ3) is 2.69. The van der Waals surface area contributed by atoms with Crippen molar-refractivity contribution < 1.29 is 9.53 Å². The third-order valence-corrected chi connectivity index (χ3v) is 4.39. The van der Waals surface area contributed by atoms with Gasteiger partial charge >= 0.3 is 5.97 Å². The van der Waals surface area contributed by atoms with E-state index in [9.17, 15) is 4.79 Å². The van der Waals surface area contributed by atoms with E-state index in [-0.39, 0.29) is 11.4 Å². The fourth-order valence-electron chi connectivity index (χ4n) is 2.39. The van der Waals surface area contributed by atoms with Crippen molar-refractivity contribution in [3.05, 3.63) is 21.9 Å². The highest BCUT2D eigenvalue weighted by Crippen LogP contribution is 2.32. The number of carbonyl (C=O) groups excluding carboxylic acids is 1. The van der Waals surface area contributed by atoms with Crippen molar-refractivity contribution in [3.8, 4) is 0 Å². The lowest BCUT2D eigenvalue weighted by molar-refractivity contribution is -0.151. The van der Waals surface area contributed by atoms with Crippen molar-refractivity contribution in [1.82, 2.24) is 4.90 Å². The van der Waals surface area contributed by atoms with Gasteiger partial charge in [-0.25, -0.2) is 0 Å². The van der Waals surface area contributed by atoms with Crippen molar-refractivity contribution in [2.75, 3.05) is 20.2 Å². The molecule has 0 amide bonds. The molecule has 94 valence electrons. The largest absolute Gasteiger partial charge is 0.469 e. The summed E-state index contributed by atoms with van der Waals surface area (Å²) in [6.07, 6.45) is 0.893. The first-order valence-electron chi connectivity index (χ1n) is 5.89. The van der Waals surface area contributed by atoms with Gasteiger partial charge in [-0.3, -0.25) is 9.69 Å². The van der Waals surface area contributed by atoms with Gasteiger partial charge in [0.2, 0.25) is 0 Å². The summed E-state index contributed by atoms with van der Waals surface area (Å²) in [6, 6.07) is 4.32. The van der Waals surface area contributed by atoms with Crippen molar-refractivity contribution >= 4 is 17.3 Å². The summed E-state index contributed by atoms with van der Waals surface area (Å²) in [4.78, 5) is 16.7. The number of carbonyl (C=O) groups is 1. The van der Waals surface area contributed by atoms with E-state index in [1.807, 2.05) is 18.3 Å². The second kappa shape index (κ2) is 4.78. The quantitative estimate of drug-likeness (QED) is 0.775. The predicted octanol–water partition coefficient (Wildman–Crippen LogP) is 2.44. The fraction of sp³-hybridized carbons (Fsp3) is 0.615. The maximum absolute atomic E-state index is 11.7. The molecule has 2 heterocycles.